The number of rotatable bonds is 6. The van der Waals surface area contributed by atoms with Crippen molar-refractivity contribution in [1.29, 1.82) is 0 Å². The number of carbonyl (C=O) groups excluding carboxylic acids is 1. The molecule has 0 bridgehead atoms. The molecule has 0 aliphatic heterocycles. The number of anilines is 1. The van der Waals surface area contributed by atoms with Crippen molar-refractivity contribution in [2.24, 2.45) is 0 Å². The molecule has 1 aromatic carbocycles. The molecule has 1 amide bonds. The Kier molecular flexibility index (Phi) is 5.48. The van der Waals surface area contributed by atoms with E-state index in [0.717, 1.165) is 18.6 Å². The number of halogens is 3. The van der Waals surface area contributed by atoms with E-state index < -0.39 is 24.3 Å². The summed E-state index contributed by atoms with van der Waals surface area (Å²) in [7, 11) is 0. The summed E-state index contributed by atoms with van der Waals surface area (Å²) in [6.07, 6.45) is -2.05. The smallest absolute Gasteiger partial charge is 0.416 e. The van der Waals surface area contributed by atoms with Gasteiger partial charge in [0.25, 0.3) is 5.91 Å². The van der Waals surface area contributed by atoms with Crippen LogP contribution in [0.3, 0.4) is 0 Å². The molecule has 1 N–H and O–H groups in total. The van der Waals surface area contributed by atoms with Crippen LogP contribution in [0.15, 0.2) is 36.5 Å². The van der Waals surface area contributed by atoms with Crippen LogP contribution in [0.4, 0.5) is 19.0 Å². The standard InChI is InChI=1S/C16H18F3N3O2/c1-3-11(2)22-14(7-8-20-22)21-15(23)10-24-13-6-4-5-12(9-13)16(17,18)19/h4-9,11H,3,10H2,1-2H3,(H,21,23). The SMILES string of the molecule is CCC(C)n1nccc1NC(=O)COc1cccc(C(F)(F)F)c1. The Morgan fingerprint density at radius 3 is 2.79 bits per heavy atom. The lowest BCUT2D eigenvalue weighted by molar-refractivity contribution is -0.137. The van der Waals surface area contributed by atoms with Gasteiger partial charge in [-0.1, -0.05) is 13.0 Å². The van der Waals surface area contributed by atoms with Gasteiger partial charge in [0.1, 0.15) is 11.6 Å². The van der Waals surface area contributed by atoms with Crippen LogP contribution in [0.1, 0.15) is 31.9 Å². The van der Waals surface area contributed by atoms with Crippen molar-refractivity contribution in [2.75, 3.05) is 11.9 Å². The van der Waals surface area contributed by atoms with Gasteiger partial charge >= 0.3 is 6.18 Å². The predicted molar refractivity (Wildman–Crippen MR) is 82.8 cm³/mol. The first-order valence-electron chi connectivity index (χ1n) is 7.44. The maximum Gasteiger partial charge on any atom is 0.416 e. The zero-order valence-corrected chi connectivity index (χ0v) is 13.3. The molecule has 2 rings (SSSR count). The van der Waals surface area contributed by atoms with Gasteiger partial charge in [-0.05, 0) is 31.5 Å². The summed E-state index contributed by atoms with van der Waals surface area (Å²) in [4.78, 5) is 11.9. The second kappa shape index (κ2) is 7.37. The lowest BCUT2D eigenvalue weighted by Gasteiger charge is -2.14. The molecule has 2 aromatic rings. The maximum absolute atomic E-state index is 12.6. The summed E-state index contributed by atoms with van der Waals surface area (Å²) in [6.45, 7) is 3.56. The molecule has 1 atom stereocenters. The number of nitrogens with one attached hydrogen (secondary N) is 1. The second-order valence-corrected chi connectivity index (χ2v) is 5.28. The molecule has 1 aromatic heterocycles. The largest absolute Gasteiger partial charge is 0.484 e. The molecule has 0 spiro atoms. The van der Waals surface area contributed by atoms with Crippen LogP contribution in [-0.2, 0) is 11.0 Å². The fraction of sp³-hybridized carbons (Fsp3) is 0.375. The maximum atomic E-state index is 12.6. The minimum Gasteiger partial charge on any atom is -0.484 e. The Bertz CT molecular complexity index is 698. The fourth-order valence-electron chi connectivity index (χ4n) is 2.03. The molecule has 0 fully saturated rings. The Hall–Kier alpha value is -2.51. The number of aromatic nitrogens is 2. The molecule has 0 saturated heterocycles. The topological polar surface area (TPSA) is 56.2 Å². The monoisotopic (exact) mass is 341 g/mol. The summed E-state index contributed by atoms with van der Waals surface area (Å²) in [5, 5.41) is 6.77. The zero-order valence-electron chi connectivity index (χ0n) is 13.3. The van der Waals surface area contributed by atoms with E-state index >= 15 is 0 Å². The van der Waals surface area contributed by atoms with Crippen molar-refractivity contribution in [3.8, 4) is 5.75 Å². The third-order valence-electron chi connectivity index (χ3n) is 3.48. The van der Waals surface area contributed by atoms with Crippen LogP contribution in [0.25, 0.3) is 0 Å². The number of ether oxygens (including phenoxy) is 1. The first-order chi connectivity index (χ1) is 11.3. The molecule has 1 heterocycles. The van der Waals surface area contributed by atoms with Gasteiger partial charge in [0, 0.05) is 6.07 Å². The molecular weight excluding hydrogens is 323 g/mol. The highest BCUT2D eigenvalue weighted by molar-refractivity contribution is 5.91. The van der Waals surface area contributed by atoms with E-state index in [9.17, 15) is 18.0 Å². The summed E-state index contributed by atoms with van der Waals surface area (Å²) in [6, 6.07) is 6.16. The van der Waals surface area contributed by atoms with Gasteiger partial charge in [-0.15, -0.1) is 0 Å². The molecule has 1 unspecified atom stereocenters. The lowest BCUT2D eigenvalue weighted by Crippen LogP contribution is -2.23. The van der Waals surface area contributed by atoms with E-state index in [4.69, 9.17) is 4.74 Å². The molecule has 0 aliphatic carbocycles. The summed E-state index contributed by atoms with van der Waals surface area (Å²) in [5.41, 5.74) is -0.824. The molecular formula is C16H18F3N3O2. The summed E-state index contributed by atoms with van der Waals surface area (Å²) in [5.74, 6) is 0.0230. The van der Waals surface area contributed by atoms with Gasteiger partial charge in [0.15, 0.2) is 6.61 Å². The van der Waals surface area contributed by atoms with Gasteiger partial charge < -0.3 is 10.1 Å². The number of carbonyl (C=O) groups is 1. The van der Waals surface area contributed by atoms with Gasteiger partial charge in [-0.2, -0.15) is 18.3 Å². The van der Waals surface area contributed by atoms with Crippen LogP contribution < -0.4 is 10.1 Å². The normalized spacial score (nSPS) is 12.7. The van der Waals surface area contributed by atoms with Gasteiger partial charge in [0.2, 0.25) is 0 Å². The van der Waals surface area contributed by atoms with E-state index in [1.807, 2.05) is 13.8 Å². The molecule has 0 aliphatic rings. The predicted octanol–water partition coefficient (Wildman–Crippen LogP) is 3.89. The minimum absolute atomic E-state index is 0.0181. The molecule has 24 heavy (non-hydrogen) atoms. The van der Waals surface area contributed by atoms with Crippen molar-refractivity contribution in [3.63, 3.8) is 0 Å². The quantitative estimate of drug-likeness (QED) is 0.867. The number of hydrogen-bond acceptors (Lipinski definition) is 3. The van der Waals surface area contributed by atoms with Crippen molar-refractivity contribution in [1.82, 2.24) is 9.78 Å². The fourth-order valence-corrected chi connectivity index (χ4v) is 2.03. The molecule has 8 heteroatoms. The third kappa shape index (κ3) is 4.50. The van der Waals surface area contributed by atoms with Gasteiger partial charge in [0.05, 0.1) is 17.8 Å². The van der Waals surface area contributed by atoms with E-state index in [1.165, 1.54) is 12.1 Å². The third-order valence-corrected chi connectivity index (χ3v) is 3.48. The average Bonchev–Trinajstić information content (AvgIpc) is 2.99. The molecule has 0 radical (unpaired) electrons. The van der Waals surface area contributed by atoms with Crippen LogP contribution in [0.2, 0.25) is 0 Å². The molecule has 5 nitrogen and oxygen atoms in total. The van der Waals surface area contributed by atoms with Gasteiger partial charge in [-0.3, -0.25) is 4.79 Å². The van der Waals surface area contributed by atoms with Crippen molar-refractivity contribution >= 4 is 11.7 Å². The highest BCUT2D eigenvalue weighted by atomic mass is 19.4. The average molecular weight is 341 g/mol. The highest BCUT2D eigenvalue weighted by Crippen LogP contribution is 2.31. The van der Waals surface area contributed by atoms with Crippen molar-refractivity contribution in [3.05, 3.63) is 42.1 Å². The minimum atomic E-state index is -4.45. The van der Waals surface area contributed by atoms with Crippen molar-refractivity contribution in [2.45, 2.75) is 32.5 Å². The highest BCUT2D eigenvalue weighted by Gasteiger charge is 2.30. The zero-order chi connectivity index (χ0) is 17.7. The lowest BCUT2D eigenvalue weighted by atomic mass is 10.2. The first kappa shape index (κ1) is 17.8. The van der Waals surface area contributed by atoms with E-state index in [2.05, 4.69) is 10.4 Å². The Labute approximate surface area is 137 Å². The van der Waals surface area contributed by atoms with Gasteiger partial charge in [-0.25, -0.2) is 4.68 Å². The number of amides is 1. The first-order valence-corrected chi connectivity index (χ1v) is 7.44. The Morgan fingerprint density at radius 2 is 2.12 bits per heavy atom. The van der Waals surface area contributed by atoms with Crippen LogP contribution in [-0.4, -0.2) is 22.3 Å². The van der Waals surface area contributed by atoms with Crippen LogP contribution in [0, 0.1) is 0 Å². The Morgan fingerprint density at radius 1 is 1.38 bits per heavy atom. The molecule has 130 valence electrons. The Balaban J connectivity index is 1.96. The van der Waals surface area contributed by atoms with Crippen LogP contribution >= 0.6 is 0 Å². The second-order valence-electron chi connectivity index (χ2n) is 5.28. The number of nitrogens with zero attached hydrogens (tertiary/aromatic N) is 2. The molecule has 0 saturated carbocycles. The van der Waals surface area contributed by atoms with E-state index in [-0.39, 0.29) is 11.8 Å². The van der Waals surface area contributed by atoms with Crippen LogP contribution in [0.5, 0.6) is 5.75 Å². The summed E-state index contributed by atoms with van der Waals surface area (Å²) >= 11 is 0. The number of alkyl halides is 3. The number of hydrogen-bond donors (Lipinski definition) is 1. The van der Waals surface area contributed by atoms with E-state index in [1.54, 1.807) is 16.9 Å². The number of benzene rings is 1. The summed E-state index contributed by atoms with van der Waals surface area (Å²) < 4.78 is 44.7. The van der Waals surface area contributed by atoms with E-state index in [0.29, 0.717) is 5.82 Å². The van der Waals surface area contributed by atoms with Crippen molar-refractivity contribution < 1.29 is 22.7 Å².